The van der Waals surface area contributed by atoms with Crippen LogP contribution in [-0.4, -0.2) is 63.8 Å². The molecule has 8 heteroatoms. The summed E-state index contributed by atoms with van der Waals surface area (Å²) in [4.78, 5) is 21.0. The van der Waals surface area contributed by atoms with Crippen molar-refractivity contribution in [3.63, 3.8) is 0 Å². The molecule has 0 radical (unpaired) electrons. The standard InChI is InChI=1S/C18H26N6O2/c1-22(9-13-4-5-16(26-3)20-8-13)18(25)17-14(10-23(2)21-17)11-24-7-6-15(19)12-24/h4-5,8,10,15H,6-7,9,11-12,19H2,1-3H3. The molecule has 1 atom stereocenters. The van der Waals surface area contributed by atoms with E-state index in [2.05, 4.69) is 15.0 Å². The Balaban J connectivity index is 1.69. The molecule has 0 aromatic carbocycles. The first-order chi connectivity index (χ1) is 12.5. The highest BCUT2D eigenvalue weighted by molar-refractivity contribution is 5.93. The van der Waals surface area contributed by atoms with Crippen molar-refractivity contribution >= 4 is 5.91 Å². The molecule has 1 amide bonds. The van der Waals surface area contributed by atoms with E-state index in [9.17, 15) is 4.79 Å². The monoisotopic (exact) mass is 358 g/mol. The number of aromatic nitrogens is 3. The van der Waals surface area contributed by atoms with Crippen LogP contribution in [0.4, 0.5) is 0 Å². The normalized spacial score (nSPS) is 17.5. The summed E-state index contributed by atoms with van der Waals surface area (Å²) >= 11 is 0. The number of amides is 1. The van der Waals surface area contributed by atoms with Crippen molar-refractivity contribution in [2.45, 2.75) is 25.6 Å². The van der Waals surface area contributed by atoms with E-state index in [-0.39, 0.29) is 11.9 Å². The third kappa shape index (κ3) is 4.20. The third-order valence-corrected chi connectivity index (χ3v) is 4.58. The zero-order chi connectivity index (χ0) is 18.7. The number of methoxy groups -OCH3 is 1. The Bertz CT molecular complexity index is 758. The molecule has 0 spiro atoms. The quantitative estimate of drug-likeness (QED) is 0.815. The number of rotatable bonds is 6. The zero-order valence-electron chi connectivity index (χ0n) is 15.6. The van der Waals surface area contributed by atoms with E-state index in [0.717, 1.165) is 30.6 Å². The number of hydrogen-bond donors (Lipinski definition) is 1. The number of carbonyl (C=O) groups is 1. The van der Waals surface area contributed by atoms with Gasteiger partial charge in [-0.15, -0.1) is 0 Å². The van der Waals surface area contributed by atoms with Crippen molar-refractivity contribution in [2.24, 2.45) is 12.8 Å². The first-order valence-corrected chi connectivity index (χ1v) is 8.71. The predicted octanol–water partition coefficient (Wildman–Crippen LogP) is 0.629. The molecule has 3 rings (SSSR count). The van der Waals surface area contributed by atoms with Crippen LogP contribution in [0.5, 0.6) is 5.88 Å². The molecule has 140 valence electrons. The predicted molar refractivity (Wildman–Crippen MR) is 97.7 cm³/mol. The van der Waals surface area contributed by atoms with Gasteiger partial charge in [0.2, 0.25) is 5.88 Å². The van der Waals surface area contributed by atoms with Gasteiger partial charge in [-0.1, -0.05) is 6.07 Å². The number of pyridine rings is 1. The molecule has 2 N–H and O–H groups in total. The fourth-order valence-electron chi connectivity index (χ4n) is 3.23. The van der Waals surface area contributed by atoms with Crippen LogP contribution in [0.2, 0.25) is 0 Å². The van der Waals surface area contributed by atoms with Crippen molar-refractivity contribution in [3.05, 3.63) is 41.3 Å². The summed E-state index contributed by atoms with van der Waals surface area (Å²) in [5.41, 5.74) is 8.35. The van der Waals surface area contributed by atoms with E-state index in [1.807, 2.05) is 19.3 Å². The van der Waals surface area contributed by atoms with Gasteiger partial charge in [-0.25, -0.2) is 4.98 Å². The lowest BCUT2D eigenvalue weighted by Crippen LogP contribution is -2.29. The Kier molecular flexibility index (Phi) is 5.53. The maximum atomic E-state index is 12.9. The lowest BCUT2D eigenvalue weighted by Gasteiger charge is -2.18. The zero-order valence-corrected chi connectivity index (χ0v) is 15.6. The molecule has 1 fully saturated rings. The van der Waals surface area contributed by atoms with Gasteiger partial charge in [0.25, 0.3) is 5.91 Å². The molecule has 1 aliphatic rings. The smallest absolute Gasteiger partial charge is 0.274 e. The van der Waals surface area contributed by atoms with Gasteiger partial charge in [0, 0.05) is 70.3 Å². The summed E-state index contributed by atoms with van der Waals surface area (Å²) in [5, 5.41) is 4.39. The number of carbonyl (C=O) groups excluding carboxylic acids is 1. The van der Waals surface area contributed by atoms with Crippen LogP contribution in [-0.2, 0) is 20.1 Å². The Morgan fingerprint density at radius 3 is 2.88 bits per heavy atom. The fraction of sp³-hybridized carbons (Fsp3) is 0.500. The van der Waals surface area contributed by atoms with Gasteiger partial charge in [0.15, 0.2) is 5.69 Å². The van der Waals surface area contributed by atoms with E-state index in [4.69, 9.17) is 10.5 Å². The van der Waals surface area contributed by atoms with Gasteiger partial charge in [0.1, 0.15) is 0 Å². The fourth-order valence-corrected chi connectivity index (χ4v) is 3.23. The Labute approximate surface area is 153 Å². The molecule has 0 saturated carbocycles. The number of ether oxygens (including phenoxy) is 1. The Morgan fingerprint density at radius 1 is 1.46 bits per heavy atom. The second kappa shape index (κ2) is 7.84. The summed E-state index contributed by atoms with van der Waals surface area (Å²) in [6, 6.07) is 3.91. The number of aryl methyl sites for hydroxylation is 1. The molecule has 1 unspecified atom stereocenters. The second-order valence-corrected chi connectivity index (χ2v) is 6.83. The van der Waals surface area contributed by atoms with Gasteiger partial charge in [-0.05, 0) is 12.0 Å². The van der Waals surface area contributed by atoms with Crippen molar-refractivity contribution in [1.82, 2.24) is 24.6 Å². The first-order valence-electron chi connectivity index (χ1n) is 8.71. The first kappa shape index (κ1) is 18.3. The highest BCUT2D eigenvalue weighted by Crippen LogP contribution is 2.17. The topological polar surface area (TPSA) is 89.5 Å². The minimum absolute atomic E-state index is 0.0973. The molecule has 3 heterocycles. The lowest BCUT2D eigenvalue weighted by atomic mass is 10.2. The van der Waals surface area contributed by atoms with E-state index >= 15 is 0 Å². The van der Waals surface area contributed by atoms with Crippen molar-refractivity contribution in [2.75, 3.05) is 27.2 Å². The van der Waals surface area contributed by atoms with E-state index < -0.39 is 0 Å². The molecule has 1 aliphatic heterocycles. The van der Waals surface area contributed by atoms with Gasteiger partial charge >= 0.3 is 0 Å². The van der Waals surface area contributed by atoms with Gasteiger partial charge in [0.05, 0.1) is 7.11 Å². The Morgan fingerprint density at radius 2 is 2.27 bits per heavy atom. The lowest BCUT2D eigenvalue weighted by molar-refractivity contribution is 0.0776. The number of likely N-dealkylation sites (tertiary alicyclic amines) is 1. The molecule has 1 saturated heterocycles. The van der Waals surface area contributed by atoms with Gasteiger partial charge < -0.3 is 15.4 Å². The van der Waals surface area contributed by atoms with E-state index in [1.54, 1.807) is 36.0 Å². The molecule has 2 aromatic heterocycles. The van der Waals surface area contributed by atoms with Gasteiger partial charge in [-0.3, -0.25) is 14.4 Å². The van der Waals surface area contributed by atoms with Crippen molar-refractivity contribution in [1.29, 1.82) is 0 Å². The van der Waals surface area contributed by atoms with E-state index in [1.165, 1.54) is 0 Å². The number of hydrogen-bond acceptors (Lipinski definition) is 6. The van der Waals surface area contributed by atoms with Crippen LogP contribution < -0.4 is 10.5 Å². The molecular weight excluding hydrogens is 332 g/mol. The molecular formula is C18H26N6O2. The van der Waals surface area contributed by atoms with Crippen molar-refractivity contribution in [3.8, 4) is 5.88 Å². The third-order valence-electron chi connectivity index (χ3n) is 4.58. The summed E-state index contributed by atoms with van der Waals surface area (Å²) in [5.74, 6) is 0.457. The highest BCUT2D eigenvalue weighted by atomic mass is 16.5. The average molecular weight is 358 g/mol. The maximum Gasteiger partial charge on any atom is 0.274 e. The highest BCUT2D eigenvalue weighted by Gasteiger charge is 2.24. The molecule has 0 bridgehead atoms. The SMILES string of the molecule is COc1ccc(CN(C)C(=O)c2nn(C)cc2CN2CCC(N)C2)cn1. The van der Waals surface area contributed by atoms with Crippen LogP contribution in [0.25, 0.3) is 0 Å². The van der Waals surface area contributed by atoms with Crippen molar-refractivity contribution < 1.29 is 9.53 Å². The molecule has 2 aromatic rings. The minimum atomic E-state index is -0.0973. The van der Waals surface area contributed by atoms with Crippen LogP contribution in [0.3, 0.4) is 0 Å². The number of nitrogens with zero attached hydrogens (tertiary/aromatic N) is 5. The minimum Gasteiger partial charge on any atom is -0.481 e. The Hall–Kier alpha value is -2.45. The average Bonchev–Trinajstić information content (AvgIpc) is 3.20. The molecule has 8 nitrogen and oxygen atoms in total. The molecule has 0 aliphatic carbocycles. The summed E-state index contributed by atoms with van der Waals surface area (Å²) < 4.78 is 6.76. The number of nitrogens with two attached hydrogens (primary N) is 1. The molecule has 26 heavy (non-hydrogen) atoms. The van der Waals surface area contributed by atoms with Crippen LogP contribution in [0.1, 0.15) is 28.0 Å². The summed E-state index contributed by atoms with van der Waals surface area (Å²) in [6.45, 7) is 2.97. The summed E-state index contributed by atoms with van der Waals surface area (Å²) in [7, 11) is 5.19. The van der Waals surface area contributed by atoms with E-state index in [0.29, 0.717) is 24.7 Å². The second-order valence-electron chi connectivity index (χ2n) is 6.83. The van der Waals surface area contributed by atoms with Crippen LogP contribution >= 0.6 is 0 Å². The van der Waals surface area contributed by atoms with Gasteiger partial charge in [-0.2, -0.15) is 5.10 Å². The maximum absolute atomic E-state index is 12.9. The van der Waals surface area contributed by atoms with Crippen LogP contribution in [0.15, 0.2) is 24.5 Å². The largest absolute Gasteiger partial charge is 0.481 e. The summed E-state index contributed by atoms with van der Waals surface area (Å²) in [6.07, 6.45) is 4.63. The van der Waals surface area contributed by atoms with Crippen LogP contribution in [0, 0.1) is 0 Å².